The van der Waals surface area contributed by atoms with Gasteiger partial charge in [-0.15, -0.1) is 0 Å². The van der Waals surface area contributed by atoms with Crippen LogP contribution in [0.3, 0.4) is 0 Å². The highest BCUT2D eigenvalue weighted by molar-refractivity contribution is 6.87. The third-order valence-corrected chi connectivity index (χ3v) is 8.43. The zero-order valence-corrected chi connectivity index (χ0v) is 11.5. The van der Waals surface area contributed by atoms with E-state index in [1.54, 1.807) is 26.2 Å². The van der Waals surface area contributed by atoms with Gasteiger partial charge in [0, 0.05) is 0 Å². The lowest BCUT2D eigenvalue weighted by Gasteiger charge is -2.31. The summed E-state index contributed by atoms with van der Waals surface area (Å²) in [5, 5.41) is 17.4. The molecule has 0 unspecified atom stereocenters. The minimum Gasteiger partial charge on any atom is -0.481 e. The van der Waals surface area contributed by atoms with Gasteiger partial charge in [-0.2, -0.15) is 0 Å². The Labute approximate surface area is 136 Å². The minimum atomic E-state index is -2.27. The van der Waals surface area contributed by atoms with Crippen LogP contribution in [0, 0.1) is 0 Å². The molecule has 0 aliphatic carbocycles. The monoisotopic (exact) mass is 346 g/mol. The Morgan fingerprint density at radius 3 is 1.05 bits per heavy atom. The van der Waals surface area contributed by atoms with Crippen molar-refractivity contribution in [1.82, 2.24) is 0 Å². The first-order valence-electron chi connectivity index (χ1n) is 4.68. The highest BCUT2D eigenvalue weighted by Crippen LogP contribution is 2.21. The Bertz CT molecular complexity index is 240. The van der Waals surface area contributed by atoms with E-state index in [9.17, 15) is 9.59 Å². The smallest absolute Gasteiger partial charge is 0.302 e. The third kappa shape index (κ3) is 24.7. The molecule has 0 amide bonds. The molecular formula is C14H42O5Si2. The Morgan fingerprint density at radius 1 is 0.714 bits per heavy atom. The summed E-state index contributed by atoms with van der Waals surface area (Å²) >= 11 is 0. The van der Waals surface area contributed by atoms with Crippen LogP contribution in [0.4, 0.5) is 0 Å². The molecule has 0 aromatic carbocycles. The van der Waals surface area contributed by atoms with Gasteiger partial charge in [0.2, 0.25) is 0 Å². The van der Waals surface area contributed by atoms with Crippen molar-refractivity contribution in [2.24, 2.45) is 0 Å². The molecule has 7 heteroatoms. The van der Waals surface area contributed by atoms with Crippen molar-refractivity contribution in [3.8, 4) is 0 Å². The summed E-state index contributed by atoms with van der Waals surface area (Å²) in [6.45, 7) is 7.21. The molecule has 0 saturated carbocycles. The van der Waals surface area contributed by atoms with E-state index >= 15 is 0 Å². The lowest BCUT2D eigenvalue weighted by molar-refractivity contribution is -0.135. The zero-order valence-electron chi connectivity index (χ0n) is 9.53. The molecule has 0 heterocycles. The van der Waals surface area contributed by atoms with Gasteiger partial charge in [-0.05, 0) is 26.2 Å². The van der Waals surface area contributed by atoms with Gasteiger partial charge in [0.25, 0.3) is 0 Å². The molecule has 0 aliphatic heterocycles. The van der Waals surface area contributed by atoms with Crippen molar-refractivity contribution in [2.75, 3.05) is 0 Å². The maximum absolute atomic E-state index is 10.6. The second-order valence-corrected chi connectivity index (χ2v) is 13.3. The quantitative estimate of drug-likeness (QED) is 0.629. The fourth-order valence-electron chi connectivity index (χ4n) is 1.55. The SMILES string of the molecule is C.C.C.C.C.C.C[Si](C)(CC(=O)O)O[Si](C)(C)CC(=O)O. The van der Waals surface area contributed by atoms with Crippen molar-refractivity contribution in [1.29, 1.82) is 0 Å². The molecule has 0 rings (SSSR count). The molecule has 0 saturated heterocycles. The molecular weight excluding hydrogens is 304 g/mol. The Hall–Kier alpha value is -0.666. The van der Waals surface area contributed by atoms with E-state index in [4.69, 9.17) is 14.3 Å². The van der Waals surface area contributed by atoms with Crippen molar-refractivity contribution in [2.45, 2.75) is 82.8 Å². The molecule has 0 spiro atoms. The molecule has 136 valence electrons. The van der Waals surface area contributed by atoms with E-state index in [2.05, 4.69) is 0 Å². The first kappa shape index (κ1) is 42.8. The first-order valence-corrected chi connectivity index (χ1v) is 10.9. The van der Waals surface area contributed by atoms with E-state index in [1.807, 2.05) is 0 Å². The van der Waals surface area contributed by atoms with Gasteiger partial charge < -0.3 is 14.3 Å². The number of aliphatic carboxylic acids is 2. The molecule has 5 nitrogen and oxygen atoms in total. The highest BCUT2D eigenvalue weighted by Gasteiger charge is 2.36. The third-order valence-electron chi connectivity index (χ3n) is 1.71. The molecule has 0 fully saturated rings. The molecule has 0 aromatic rings. The number of carboxylic acid groups (broad SMARTS) is 2. The molecule has 2 N–H and O–H groups in total. The second kappa shape index (κ2) is 15.7. The normalized spacial score (nSPS) is 8.95. The van der Waals surface area contributed by atoms with E-state index in [0.717, 1.165) is 0 Å². The van der Waals surface area contributed by atoms with Crippen molar-refractivity contribution >= 4 is 28.6 Å². The zero-order chi connectivity index (χ0) is 12.3. The Kier molecular flexibility index (Phi) is 32.0. The summed E-state index contributed by atoms with van der Waals surface area (Å²) in [4.78, 5) is 21.2. The van der Waals surface area contributed by atoms with Gasteiger partial charge >= 0.3 is 11.9 Å². The second-order valence-electron chi connectivity index (χ2n) is 4.76. The van der Waals surface area contributed by atoms with Crippen LogP contribution in [-0.4, -0.2) is 38.8 Å². The predicted octanol–water partition coefficient (Wildman–Crippen LogP) is 5.40. The number of rotatable bonds is 6. The molecule has 0 aliphatic rings. The van der Waals surface area contributed by atoms with Crippen molar-refractivity contribution in [3.05, 3.63) is 0 Å². The van der Waals surface area contributed by atoms with E-state index in [-0.39, 0.29) is 56.6 Å². The Morgan fingerprint density at radius 2 is 0.905 bits per heavy atom. The van der Waals surface area contributed by atoms with Crippen LogP contribution in [0.2, 0.25) is 38.3 Å². The van der Waals surface area contributed by atoms with Gasteiger partial charge in [0.05, 0.1) is 12.1 Å². The summed E-state index contributed by atoms with van der Waals surface area (Å²) in [5.41, 5.74) is 0. The molecule has 0 aromatic heterocycles. The summed E-state index contributed by atoms with van der Waals surface area (Å²) < 4.78 is 5.76. The lowest BCUT2D eigenvalue weighted by atomic mass is 10.8. The van der Waals surface area contributed by atoms with Crippen LogP contribution in [0.5, 0.6) is 0 Å². The summed E-state index contributed by atoms with van der Waals surface area (Å²) in [6.07, 6.45) is 0. The van der Waals surface area contributed by atoms with Crippen LogP contribution < -0.4 is 0 Å². The number of hydrogen-bond donors (Lipinski definition) is 2. The number of hydrogen-bond acceptors (Lipinski definition) is 3. The topological polar surface area (TPSA) is 83.8 Å². The van der Waals surface area contributed by atoms with Gasteiger partial charge in [-0.3, -0.25) is 9.59 Å². The van der Waals surface area contributed by atoms with E-state index in [1.165, 1.54) is 0 Å². The van der Waals surface area contributed by atoms with Gasteiger partial charge in [-0.25, -0.2) is 0 Å². The van der Waals surface area contributed by atoms with Gasteiger partial charge in [-0.1, -0.05) is 44.6 Å². The van der Waals surface area contributed by atoms with Crippen LogP contribution in [0.25, 0.3) is 0 Å². The highest BCUT2D eigenvalue weighted by atomic mass is 28.4. The number of carbonyl (C=O) groups is 2. The largest absolute Gasteiger partial charge is 0.481 e. The van der Waals surface area contributed by atoms with Crippen molar-refractivity contribution < 1.29 is 23.9 Å². The van der Waals surface area contributed by atoms with Gasteiger partial charge in [0.1, 0.15) is 0 Å². The van der Waals surface area contributed by atoms with Crippen LogP contribution in [0.15, 0.2) is 0 Å². The predicted molar refractivity (Wildman–Crippen MR) is 101 cm³/mol. The summed E-state index contributed by atoms with van der Waals surface area (Å²) in [7, 11) is -4.54. The van der Waals surface area contributed by atoms with Crippen LogP contribution >= 0.6 is 0 Å². The molecule has 0 atom stereocenters. The van der Waals surface area contributed by atoms with Gasteiger partial charge in [0.15, 0.2) is 16.6 Å². The fourth-order valence-corrected chi connectivity index (χ4v) is 9.57. The van der Waals surface area contributed by atoms with Crippen LogP contribution in [0.1, 0.15) is 44.6 Å². The first-order chi connectivity index (χ1) is 6.54. The Balaban J connectivity index is -0.0000000653. The maximum atomic E-state index is 10.6. The average Bonchev–Trinajstić information content (AvgIpc) is 1.73. The molecule has 0 bridgehead atoms. The van der Waals surface area contributed by atoms with E-state index in [0.29, 0.717) is 0 Å². The minimum absolute atomic E-state index is 0. The standard InChI is InChI=1S/C8H18O5Si2.6CH4/c1-14(2,5-7(9)10)13-15(3,4)6-8(11)12;;;;;;/h5-6H2,1-4H3,(H,9,10)(H,11,12);6*1H4. The molecule has 0 radical (unpaired) electrons. The average molecular weight is 347 g/mol. The van der Waals surface area contributed by atoms with Crippen molar-refractivity contribution in [3.63, 3.8) is 0 Å². The maximum Gasteiger partial charge on any atom is 0.302 e. The summed E-state index contributed by atoms with van der Waals surface area (Å²) in [5.74, 6) is -1.77. The van der Waals surface area contributed by atoms with E-state index < -0.39 is 28.6 Å². The molecule has 21 heavy (non-hydrogen) atoms. The fraction of sp³-hybridized carbons (Fsp3) is 0.857. The number of carboxylic acids is 2. The van der Waals surface area contributed by atoms with Crippen LogP contribution in [-0.2, 0) is 13.7 Å². The summed E-state index contributed by atoms with van der Waals surface area (Å²) in [6, 6.07) is 0.0338. The lowest BCUT2D eigenvalue weighted by Crippen LogP contribution is -2.46.